The molecule has 0 saturated heterocycles. The molecule has 0 aliphatic rings. The number of carbonyl (C=O) groups is 1. The normalized spacial score (nSPS) is 11.4. The topological polar surface area (TPSA) is 49.3 Å². The number of benzene rings is 1. The highest BCUT2D eigenvalue weighted by atomic mass is 32.2. The summed E-state index contributed by atoms with van der Waals surface area (Å²) in [6, 6.07) is 4.28. The smallest absolute Gasteiger partial charge is 0.340 e. The van der Waals surface area contributed by atoms with E-state index >= 15 is 0 Å². The molecule has 19 heavy (non-hydrogen) atoms. The summed E-state index contributed by atoms with van der Waals surface area (Å²) >= 11 is 1.75. The first kappa shape index (κ1) is 15.8. The summed E-state index contributed by atoms with van der Waals surface area (Å²) in [6.07, 6.45) is 3.98. The van der Waals surface area contributed by atoms with Crippen LogP contribution in [0.2, 0.25) is 0 Å². The Morgan fingerprint density at radius 3 is 2.53 bits per heavy atom. The van der Waals surface area contributed by atoms with Gasteiger partial charge in [0.15, 0.2) is 0 Å². The molecule has 3 nitrogen and oxygen atoms in total. The second kappa shape index (κ2) is 6.80. The Bertz CT molecular complexity index is 439. The molecule has 106 valence electrons. The van der Waals surface area contributed by atoms with Crippen LogP contribution in [0.3, 0.4) is 0 Å². The van der Waals surface area contributed by atoms with Crippen molar-refractivity contribution in [2.75, 3.05) is 18.1 Å². The lowest BCUT2D eigenvalue weighted by atomic mass is 10.0. The van der Waals surface area contributed by atoms with Gasteiger partial charge in [-0.1, -0.05) is 19.9 Å². The first-order valence-corrected chi connectivity index (χ1v) is 7.53. The quantitative estimate of drug-likeness (QED) is 0.798. The molecule has 0 atom stereocenters. The van der Waals surface area contributed by atoms with Crippen molar-refractivity contribution in [1.29, 1.82) is 0 Å². The third kappa shape index (κ3) is 3.62. The van der Waals surface area contributed by atoms with Gasteiger partial charge in [0, 0.05) is 11.3 Å². The average molecular weight is 285 g/mol. The van der Waals surface area contributed by atoms with E-state index in [0.29, 0.717) is 12.2 Å². The average Bonchev–Trinajstić information content (AvgIpc) is 2.40. The Morgan fingerprint density at radius 2 is 2.05 bits per heavy atom. The molecule has 0 amide bonds. The van der Waals surface area contributed by atoms with E-state index in [2.05, 4.69) is 19.2 Å². The molecule has 1 aromatic rings. The van der Waals surface area contributed by atoms with Gasteiger partial charge in [-0.3, -0.25) is 0 Å². The van der Waals surface area contributed by atoms with Crippen LogP contribution in [0.5, 0.6) is 0 Å². The van der Waals surface area contributed by atoms with Crippen LogP contribution >= 0.6 is 11.8 Å². The van der Waals surface area contributed by atoms with E-state index in [1.54, 1.807) is 17.8 Å². The fourth-order valence-electron chi connectivity index (χ4n) is 2.01. The van der Waals surface area contributed by atoms with Crippen LogP contribution in [0.15, 0.2) is 18.2 Å². The first-order valence-electron chi connectivity index (χ1n) is 6.30. The fourth-order valence-corrected chi connectivity index (χ4v) is 2.80. The van der Waals surface area contributed by atoms with Crippen LogP contribution in [0.1, 0.15) is 37.0 Å². The van der Waals surface area contributed by atoms with Crippen molar-refractivity contribution in [3.8, 4) is 0 Å². The first-order chi connectivity index (χ1) is 8.99. The highest BCUT2D eigenvalue weighted by Crippen LogP contribution is 2.31. The molecule has 0 aliphatic carbocycles. The maximum Gasteiger partial charge on any atom is 0.340 e. The number of anilines is 1. The number of aromatic carboxylic acids is 1. The Hall–Kier alpha value is -1.23. The lowest BCUT2D eigenvalue weighted by Crippen LogP contribution is -2.32. The maximum absolute atomic E-state index is 13.5. The van der Waals surface area contributed by atoms with Crippen molar-refractivity contribution in [3.63, 3.8) is 0 Å². The molecule has 0 fully saturated rings. The molecule has 0 heterocycles. The molecule has 0 radical (unpaired) electrons. The molecule has 5 heteroatoms. The minimum atomic E-state index is -1.25. The summed E-state index contributed by atoms with van der Waals surface area (Å²) in [5, 5.41) is 12.1. The minimum Gasteiger partial charge on any atom is -0.478 e. The van der Waals surface area contributed by atoms with Crippen molar-refractivity contribution in [1.82, 2.24) is 0 Å². The standard InChI is InChI=1S/C14H20FNO2S/c1-4-14(5-2,19-3)9-16-11-8-6-7-10(15)12(11)13(17)18/h6-8,16H,4-5,9H2,1-3H3,(H,17,18). The van der Waals surface area contributed by atoms with Crippen molar-refractivity contribution < 1.29 is 14.3 Å². The van der Waals surface area contributed by atoms with Crippen molar-refractivity contribution in [3.05, 3.63) is 29.6 Å². The zero-order valence-electron chi connectivity index (χ0n) is 11.5. The summed E-state index contributed by atoms with van der Waals surface area (Å²) in [5.74, 6) is -1.96. The number of carboxylic acid groups (broad SMARTS) is 1. The van der Waals surface area contributed by atoms with E-state index in [9.17, 15) is 9.18 Å². The maximum atomic E-state index is 13.5. The molecular weight excluding hydrogens is 265 g/mol. The Labute approximate surface area is 117 Å². The zero-order chi connectivity index (χ0) is 14.5. The number of halogens is 1. The second-order valence-corrected chi connectivity index (χ2v) is 5.69. The van der Waals surface area contributed by atoms with Crippen molar-refractivity contribution in [2.24, 2.45) is 0 Å². The van der Waals surface area contributed by atoms with Crippen LogP contribution in [-0.4, -0.2) is 28.6 Å². The van der Waals surface area contributed by atoms with Gasteiger partial charge in [0.1, 0.15) is 11.4 Å². The molecular formula is C14H20FNO2S. The zero-order valence-corrected chi connectivity index (χ0v) is 12.3. The van der Waals surface area contributed by atoms with Crippen LogP contribution in [0, 0.1) is 5.82 Å². The highest BCUT2D eigenvalue weighted by Gasteiger charge is 2.25. The Balaban J connectivity index is 2.95. The summed E-state index contributed by atoms with van der Waals surface area (Å²) < 4.78 is 13.6. The van der Waals surface area contributed by atoms with Gasteiger partial charge < -0.3 is 10.4 Å². The summed E-state index contributed by atoms with van der Waals surface area (Å²) in [4.78, 5) is 11.1. The molecule has 0 spiro atoms. The predicted molar refractivity (Wildman–Crippen MR) is 78.7 cm³/mol. The lowest BCUT2D eigenvalue weighted by molar-refractivity contribution is 0.0693. The number of carboxylic acids is 1. The molecule has 0 unspecified atom stereocenters. The Morgan fingerprint density at radius 1 is 1.42 bits per heavy atom. The van der Waals surface area contributed by atoms with E-state index in [1.807, 2.05) is 6.26 Å². The van der Waals surface area contributed by atoms with Gasteiger partial charge in [-0.15, -0.1) is 0 Å². The van der Waals surface area contributed by atoms with Gasteiger partial charge in [-0.25, -0.2) is 9.18 Å². The van der Waals surface area contributed by atoms with Crippen LogP contribution in [0.25, 0.3) is 0 Å². The van der Waals surface area contributed by atoms with Gasteiger partial charge in [0.05, 0.1) is 5.69 Å². The van der Waals surface area contributed by atoms with Crippen molar-refractivity contribution in [2.45, 2.75) is 31.4 Å². The van der Waals surface area contributed by atoms with E-state index in [0.717, 1.165) is 18.9 Å². The third-order valence-electron chi connectivity index (χ3n) is 3.55. The number of thioether (sulfide) groups is 1. The lowest BCUT2D eigenvalue weighted by Gasteiger charge is -2.30. The van der Waals surface area contributed by atoms with E-state index in [4.69, 9.17) is 5.11 Å². The van der Waals surface area contributed by atoms with Gasteiger partial charge in [-0.2, -0.15) is 11.8 Å². The molecule has 0 bridgehead atoms. The van der Waals surface area contributed by atoms with Gasteiger partial charge in [-0.05, 0) is 31.2 Å². The molecule has 2 N–H and O–H groups in total. The molecule has 1 aromatic carbocycles. The van der Waals surface area contributed by atoms with Gasteiger partial charge in [0.2, 0.25) is 0 Å². The number of hydrogen-bond donors (Lipinski definition) is 2. The van der Waals surface area contributed by atoms with Crippen LogP contribution in [0.4, 0.5) is 10.1 Å². The van der Waals surface area contributed by atoms with Crippen LogP contribution < -0.4 is 5.32 Å². The predicted octanol–water partition coefficient (Wildman–Crippen LogP) is 3.86. The second-order valence-electron chi connectivity index (χ2n) is 4.42. The number of nitrogens with one attached hydrogen (secondary N) is 1. The fraction of sp³-hybridized carbons (Fsp3) is 0.500. The number of rotatable bonds is 7. The largest absolute Gasteiger partial charge is 0.478 e. The SMILES string of the molecule is CCC(CC)(CNc1cccc(F)c1C(=O)O)SC. The molecule has 1 rings (SSSR count). The van der Waals surface area contributed by atoms with Crippen LogP contribution in [-0.2, 0) is 0 Å². The summed E-state index contributed by atoms with van der Waals surface area (Å²) in [5.41, 5.74) is 0.0533. The molecule has 0 aliphatic heterocycles. The summed E-state index contributed by atoms with van der Waals surface area (Å²) in [6.45, 7) is 4.82. The van der Waals surface area contributed by atoms with Gasteiger partial charge >= 0.3 is 5.97 Å². The molecule has 0 saturated carbocycles. The van der Waals surface area contributed by atoms with Crippen molar-refractivity contribution >= 4 is 23.4 Å². The third-order valence-corrected chi connectivity index (χ3v) is 5.14. The van der Waals surface area contributed by atoms with E-state index in [1.165, 1.54) is 6.07 Å². The van der Waals surface area contributed by atoms with Gasteiger partial charge in [0.25, 0.3) is 0 Å². The van der Waals surface area contributed by atoms with E-state index < -0.39 is 11.8 Å². The monoisotopic (exact) mass is 285 g/mol. The number of hydrogen-bond acceptors (Lipinski definition) is 3. The molecule has 0 aromatic heterocycles. The minimum absolute atomic E-state index is 0.0437. The highest BCUT2D eigenvalue weighted by molar-refractivity contribution is 8.00. The Kier molecular flexibility index (Phi) is 5.66. The van der Waals surface area contributed by atoms with E-state index in [-0.39, 0.29) is 10.3 Å². The summed E-state index contributed by atoms with van der Waals surface area (Å²) in [7, 11) is 0.